The predicted molar refractivity (Wildman–Crippen MR) is 59.1 cm³/mol. The van der Waals surface area contributed by atoms with Crippen LogP contribution in [0.5, 0.6) is 0 Å². The highest BCUT2D eigenvalue weighted by molar-refractivity contribution is 6.33. The Morgan fingerprint density at radius 2 is 2.33 bits per heavy atom. The minimum absolute atomic E-state index is 0.146. The van der Waals surface area contributed by atoms with Crippen LogP contribution in [0, 0.1) is 11.8 Å². The molecule has 1 saturated carbocycles. The third-order valence-electron chi connectivity index (χ3n) is 3.19. The monoisotopic (exact) mass is 226 g/mol. The Hall–Kier alpha value is -0.830. The minimum atomic E-state index is 0.146. The van der Waals surface area contributed by atoms with Crippen molar-refractivity contribution in [1.29, 1.82) is 0 Å². The van der Waals surface area contributed by atoms with Crippen LogP contribution in [-0.4, -0.2) is 15.6 Å². The van der Waals surface area contributed by atoms with Gasteiger partial charge in [-0.1, -0.05) is 18.5 Å². The van der Waals surface area contributed by atoms with Crippen LogP contribution in [0.15, 0.2) is 6.20 Å². The van der Waals surface area contributed by atoms with E-state index in [2.05, 4.69) is 12.0 Å². The first-order valence-corrected chi connectivity index (χ1v) is 5.69. The van der Waals surface area contributed by atoms with Crippen molar-refractivity contribution in [2.24, 2.45) is 18.9 Å². The molecule has 0 N–H and O–H groups in total. The summed E-state index contributed by atoms with van der Waals surface area (Å²) in [5, 5.41) is 4.47. The standard InChI is InChI=1S/C11H15ClN2O/c1-7-3-4-8(5-7)11(15)10-9(12)6-13-14(10)2/h6-8H,3-5H2,1-2H3. The molecule has 0 amide bonds. The highest BCUT2D eigenvalue weighted by Crippen LogP contribution is 2.33. The van der Waals surface area contributed by atoms with Gasteiger partial charge >= 0.3 is 0 Å². The van der Waals surface area contributed by atoms with Crippen LogP contribution in [0.3, 0.4) is 0 Å². The summed E-state index contributed by atoms with van der Waals surface area (Å²) in [5.41, 5.74) is 0.566. The molecule has 1 aliphatic rings. The molecule has 2 atom stereocenters. The highest BCUT2D eigenvalue weighted by atomic mass is 35.5. The van der Waals surface area contributed by atoms with Crippen LogP contribution in [0.4, 0.5) is 0 Å². The first kappa shape index (κ1) is 10.7. The molecule has 0 spiro atoms. The van der Waals surface area contributed by atoms with Gasteiger partial charge in [-0.05, 0) is 25.2 Å². The second-order valence-corrected chi connectivity index (χ2v) is 4.85. The molecule has 1 fully saturated rings. The summed E-state index contributed by atoms with van der Waals surface area (Å²) in [4.78, 5) is 12.2. The highest BCUT2D eigenvalue weighted by Gasteiger charge is 2.30. The Kier molecular flexibility index (Phi) is 2.83. The number of hydrogen-bond donors (Lipinski definition) is 0. The van der Waals surface area contributed by atoms with Crippen LogP contribution >= 0.6 is 11.6 Å². The second kappa shape index (κ2) is 3.97. The fourth-order valence-electron chi connectivity index (χ4n) is 2.33. The molecule has 15 heavy (non-hydrogen) atoms. The van der Waals surface area contributed by atoms with Crippen molar-refractivity contribution in [2.45, 2.75) is 26.2 Å². The van der Waals surface area contributed by atoms with E-state index in [9.17, 15) is 4.79 Å². The molecule has 0 saturated heterocycles. The maximum atomic E-state index is 12.2. The number of nitrogens with zero attached hydrogens (tertiary/aromatic N) is 2. The maximum Gasteiger partial charge on any atom is 0.185 e. The van der Waals surface area contributed by atoms with Crippen LogP contribution < -0.4 is 0 Å². The quantitative estimate of drug-likeness (QED) is 0.727. The molecular formula is C11H15ClN2O. The molecular weight excluding hydrogens is 212 g/mol. The number of carbonyl (C=O) groups excluding carboxylic acids is 1. The Labute approximate surface area is 94.4 Å². The van der Waals surface area contributed by atoms with Crippen molar-refractivity contribution in [3.63, 3.8) is 0 Å². The number of ketones is 1. The number of hydrogen-bond acceptors (Lipinski definition) is 2. The molecule has 1 heterocycles. The summed E-state index contributed by atoms with van der Waals surface area (Å²) in [6.45, 7) is 2.19. The molecule has 0 aromatic carbocycles. The third-order valence-corrected chi connectivity index (χ3v) is 3.47. The lowest BCUT2D eigenvalue weighted by molar-refractivity contribution is 0.0911. The van der Waals surface area contributed by atoms with Gasteiger partial charge in [0.05, 0.1) is 11.2 Å². The van der Waals surface area contributed by atoms with Gasteiger partial charge in [0.15, 0.2) is 5.78 Å². The molecule has 1 aromatic heterocycles. The van der Waals surface area contributed by atoms with Crippen molar-refractivity contribution in [1.82, 2.24) is 9.78 Å². The van der Waals surface area contributed by atoms with E-state index in [0.717, 1.165) is 19.3 Å². The van der Waals surface area contributed by atoms with Gasteiger partial charge < -0.3 is 0 Å². The lowest BCUT2D eigenvalue weighted by Gasteiger charge is -2.08. The Morgan fingerprint density at radius 1 is 1.60 bits per heavy atom. The van der Waals surface area contributed by atoms with E-state index in [4.69, 9.17) is 11.6 Å². The van der Waals surface area contributed by atoms with Crippen molar-refractivity contribution < 1.29 is 4.79 Å². The van der Waals surface area contributed by atoms with Gasteiger partial charge in [0, 0.05) is 13.0 Å². The molecule has 2 rings (SSSR count). The molecule has 1 aromatic rings. The molecule has 2 unspecified atom stereocenters. The van der Waals surface area contributed by atoms with E-state index < -0.39 is 0 Å². The van der Waals surface area contributed by atoms with E-state index in [1.807, 2.05) is 0 Å². The number of carbonyl (C=O) groups is 1. The summed E-state index contributed by atoms with van der Waals surface area (Å²) in [6, 6.07) is 0. The van der Waals surface area contributed by atoms with Crippen molar-refractivity contribution in [3.8, 4) is 0 Å². The zero-order chi connectivity index (χ0) is 11.0. The fraction of sp³-hybridized carbons (Fsp3) is 0.636. The van der Waals surface area contributed by atoms with E-state index >= 15 is 0 Å². The van der Waals surface area contributed by atoms with Gasteiger partial charge in [0.2, 0.25) is 0 Å². The van der Waals surface area contributed by atoms with Gasteiger partial charge in [0.1, 0.15) is 5.69 Å². The molecule has 3 nitrogen and oxygen atoms in total. The van der Waals surface area contributed by atoms with Gasteiger partial charge in [-0.15, -0.1) is 0 Å². The molecule has 82 valence electrons. The molecule has 4 heteroatoms. The van der Waals surface area contributed by atoms with Gasteiger partial charge in [-0.3, -0.25) is 9.48 Å². The van der Waals surface area contributed by atoms with Crippen LogP contribution in [-0.2, 0) is 7.05 Å². The third kappa shape index (κ3) is 1.93. The van der Waals surface area contributed by atoms with E-state index in [1.54, 1.807) is 11.7 Å². The minimum Gasteiger partial charge on any atom is -0.292 e. The summed E-state index contributed by atoms with van der Waals surface area (Å²) < 4.78 is 1.58. The number of aromatic nitrogens is 2. The topological polar surface area (TPSA) is 34.9 Å². The van der Waals surface area contributed by atoms with Crippen molar-refractivity contribution in [3.05, 3.63) is 16.9 Å². The average molecular weight is 227 g/mol. The number of Topliss-reactive ketones (excluding diaryl/α,β-unsaturated/α-hetero) is 1. The fourth-order valence-corrected chi connectivity index (χ4v) is 2.59. The van der Waals surface area contributed by atoms with Crippen molar-refractivity contribution in [2.75, 3.05) is 0 Å². The van der Waals surface area contributed by atoms with E-state index in [1.165, 1.54) is 6.20 Å². The largest absolute Gasteiger partial charge is 0.292 e. The van der Waals surface area contributed by atoms with E-state index in [-0.39, 0.29) is 11.7 Å². The summed E-state index contributed by atoms with van der Waals surface area (Å²) >= 11 is 5.95. The van der Waals surface area contributed by atoms with Crippen LogP contribution in [0.25, 0.3) is 0 Å². The smallest absolute Gasteiger partial charge is 0.185 e. The second-order valence-electron chi connectivity index (χ2n) is 4.44. The Bertz CT molecular complexity index is 366. The number of aryl methyl sites for hydroxylation is 1. The first-order chi connectivity index (χ1) is 7.09. The number of halogens is 1. The SMILES string of the molecule is CC1CCC(C(=O)c2c(Cl)cnn2C)C1. The number of rotatable bonds is 2. The van der Waals surface area contributed by atoms with Gasteiger partial charge in [0.25, 0.3) is 0 Å². The molecule has 0 radical (unpaired) electrons. The van der Waals surface area contributed by atoms with E-state index in [0.29, 0.717) is 16.6 Å². The van der Waals surface area contributed by atoms with Crippen molar-refractivity contribution >= 4 is 17.4 Å². The van der Waals surface area contributed by atoms with Gasteiger partial charge in [-0.25, -0.2) is 0 Å². The molecule has 0 bridgehead atoms. The average Bonchev–Trinajstić information content (AvgIpc) is 2.73. The lowest BCUT2D eigenvalue weighted by Crippen LogP contribution is -2.16. The predicted octanol–water partition coefficient (Wildman–Crippen LogP) is 2.69. The zero-order valence-electron chi connectivity index (χ0n) is 9.03. The zero-order valence-corrected chi connectivity index (χ0v) is 9.79. The van der Waals surface area contributed by atoms with Crippen LogP contribution in [0.1, 0.15) is 36.7 Å². The van der Waals surface area contributed by atoms with Crippen LogP contribution in [0.2, 0.25) is 5.02 Å². The Balaban J connectivity index is 2.21. The first-order valence-electron chi connectivity index (χ1n) is 5.31. The summed E-state index contributed by atoms with van der Waals surface area (Å²) in [6.07, 6.45) is 4.65. The van der Waals surface area contributed by atoms with Gasteiger partial charge in [-0.2, -0.15) is 5.10 Å². The molecule has 0 aliphatic heterocycles. The molecule has 1 aliphatic carbocycles. The lowest BCUT2D eigenvalue weighted by atomic mass is 9.99. The Morgan fingerprint density at radius 3 is 2.80 bits per heavy atom. The maximum absolute atomic E-state index is 12.2. The normalized spacial score (nSPS) is 25.8. The summed E-state index contributed by atoms with van der Waals surface area (Å²) in [5.74, 6) is 0.961. The summed E-state index contributed by atoms with van der Waals surface area (Å²) in [7, 11) is 1.76.